The Morgan fingerprint density at radius 1 is 1.38 bits per heavy atom. The third kappa shape index (κ3) is 200. The van der Waals surface area contributed by atoms with Gasteiger partial charge in [-0.1, -0.05) is 0 Å². The number of halogens is 2. The molecule has 0 fully saturated rings. The fraction of sp³-hybridized carbons (Fsp3) is 0. The van der Waals surface area contributed by atoms with Gasteiger partial charge in [-0.25, -0.2) is 0 Å². The van der Waals surface area contributed by atoms with E-state index in [1.54, 1.807) is 0 Å². The molecule has 0 atom stereocenters. The molecule has 0 aliphatic heterocycles. The van der Waals surface area contributed by atoms with Crippen LogP contribution in [0.4, 0.5) is 0 Å². The Morgan fingerprint density at radius 2 is 1.38 bits per heavy atom. The molecule has 0 aromatic heterocycles. The summed E-state index contributed by atoms with van der Waals surface area (Å²) in [5, 5.41) is 0. The Balaban J connectivity index is -0.0000000257. The van der Waals surface area contributed by atoms with Crippen molar-refractivity contribution in [2.75, 3.05) is 0 Å². The fourth-order valence-electron chi connectivity index (χ4n) is 0. The summed E-state index contributed by atoms with van der Waals surface area (Å²) in [6.07, 6.45) is 0. The zero-order valence-corrected chi connectivity index (χ0v) is 8.03. The van der Waals surface area contributed by atoms with Gasteiger partial charge in [0.25, 0.3) is 0 Å². The smallest absolute Gasteiger partial charge is 0 e. The Bertz CT molecular complexity index is 52.5. The predicted molar refractivity (Wildman–Crippen MR) is 25.2 cm³/mol. The van der Waals surface area contributed by atoms with Crippen LogP contribution in [0.1, 0.15) is 2.74 Å². The molecule has 0 saturated heterocycles. The molecule has 0 rings (SSSR count). The normalized spacial score (nSPS) is 6.25. The molecule has 8 heavy (non-hydrogen) atoms. The Labute approximate surface area is 79.6 Å². The molecule has 0 amide bonds. The van der Waals surface area contributed by atoms with Crippen molar-refractivity contribution in [3.63, 3.8) is 0 Å². The molecule has 0 unspecified atom stereocenters. The third-order valence-electron chi connectivity index (χ3n) is 0. The quantitative estimate of drug-likeness (QED) is 0.373. The molecule has 0 aliphatic carbocycles. The summed E-state index contributed by atoms with van der Waals surface area (Å²) >= 11 is -0.226. The van der Waals surface area contributed by atoms with Gasteiger partial charge >= 0.3 is 34.5 Å². The maximum Gasteiger partial charge on any atom is 0 e. The van der Waals surface area contributed by atoms with E-state index < -0.39 is 0 Å². The summed E-state index contributed by atoms with van der Waals surface area (Å²) in [6, 6.07) is 0. The van der Waals surface area contributed by atoms with Crippen LogP contribution in [0.15, 0.2) is 0 Å². The second kappa shape index (κ2) is 89.3. The average Bonchev–Trinajstić information content (AvgIpc) is 1.70. The maximum absolute atomic E-state index is 8.35. The molecule has 0 saturated carbocycles. The van der Waals surface area contributed by atoms with E-state index in [2.05, 4.69) is 0 Å². The van der Waals surface area contributed by atoms with Crippen molar-refractivity contribution in [3.8, 4) is 0 Å². The topological polar surface area (TPSA) is 34.1 Å². The first-order valence-corrected chi connectivity index (χ1v) is 4.88. The molecule has 0 bridgehead atoms. The van der Waals surface area contributed by atoms with Gasteiger partial charge < -0.3 is 9.59 Å². The van der Waals surface area contributed by atoms with Crippen LogP contribution in [-0.4, -0.2) is 13.5 Å². The Kier molecular flexibility index (Phi) is 133. The van der Waals surface area contributed by atoms with Crippen LogP contribution in [0.5, 0.6) is 0 Å². The molecule has 0 heterocycles. The molecule has 1 radical (unpaired) electrons. The van der Waals surface area contributed by atoms with E-state index in [-0.39, 0.29) is 34.6 Å². The molecule has 2 nitrogen and oxygen atoms in total. The first-order valence-electron chi connectivity index (χ1n) is 1.66. The van der Waals surface area contributed by atoms with Crippen molar-refractivity contribution < 1.29 is 47.0 Å². The minimum absolute atomic E-state index is 0. The monoisotopic (exact) mass is 336 g/mol. The third-order valence-corrected chi connectivity index (χ3v) is 0. The van der Waals surface area contributed by atoms with Gasteiger partial charge in [-0.3, -0.25) is 13.5 Å². The molecule has 0 spiro atoms. The number of carbonyl (C=O) groups excluding carboxylic acids is 2. The van der Waals surface area contributed by atoms with Crippen LogP contribution >= 0.6 is 19.4 Å². The second-order valence-electron chi connectivity index (χ2n) is 0.0476. The largest absolute Gasteiger partial charge is 0 e. The first kappa shape index (κ1) is 11.9. The second-order valence-corrected chi connectivity index (χ2v) is 2.54. The van der Waals surface area contributed by atoms with E-state index in [0.717, 1.165) is 13.5 Å². The van der Waals surface area contributed by atoms with E-state index in [0.29, 0.717) is 0 Å². The van der Waals surface area contributed by atoms with Gasteiger partial charge in [0.1, 0.15) is 0 Å². The van der Waals surface area contributed by atoms with Crippen LogP contribution in [0.25, 0.3) is 0 Å². The maximum atomic E-state index is 8.35. The SMILES string of the molecule is [2H][C-]=O.[2H][C-]=O.[Cl][Rh][Cl].[Rh]. The standard InChI is InChI=1S/2CHO.2ClH.2Rh/c2*1-2;;;;/h2*1H;2*1H;;/q2*-1;;;;+2/p-2/i2*1D;;;;. The summed E-state index contributed by atoms with van der Waals surface area (Å²) in [7, 11) is 9.67. The van der Waals surface area contributed by atoms with Crippen molar-refractivity contribution >= 4 is 32.9 Å². The van der Waals surface area contributed by atoms with Gasteiger partial charge in [0, 0.05) is 19.5 Å². The average molecular weight is 337 g/mol. The predicted octanol–water partition coefficient (Wildman–Crippen LogP) is 0.826. The minimum atomic E-state index is -0.226. The van der Waals surface area contributed by atoms with Gasteiger partial charge in [-0.15, -0.1) is 0 Å². The summed E-state index contributed by atoms with van der Waals surface area (Å²) in [4.78, 5) is 16.7. The van der Waals surface area contributed by atoms with Gasteiger partial charge in [0.15, 0.2) is 0 Å². The number of hydrogen-bond donors (Lipinski definition) is 0. The van der Waals surface area contributed by atoms with Gasteiger partial charge in [0.2, 0.25) is 0 Å². The zero-order chi connectivity index (χ0) is 8.12. The summed E-state index contributed by atoms with van der Waals surface area (Å²) in [5.74, 6) is 0. The van der Waals surface area contributed by atoms with Crippen LogP contribution in [-0.2, 0) is 44.2 Å². The van der Waals surface area contributed by atoms with Crippen molar-refractivity contribution in [1.82, 2.24) is 0 Å². The fourth-order valence-corrected chi connectivity index (χ4v) is 0. The van der Waals surface area contributed by atoms with Crippen molar-refractivity contribution in [2.24, 2.45) is 0 Å². The van der Waals surface area contributed by atoms with Crippen LogP contribution < -0.4 is 0 Å². The molecule has 0 aliphatic rings. The van der Waals surface area contributed by atoms with E-state index in [9.17, 15) is 0 Å². The summed E-state index contributed by atoms with van der Waals surface area (Å²) < 4.78 is 10.8. The van der Waals surface area contributed by atoms with Gasteiger partial charge in [-0.05, 0) is 0 Å². The first-order chi connectivity index (χ1) is 4.24. The zero-order valence-electron chi connectivity index (χ0n) is 5.24. The number of rotatable bonds is 0. The summed E-state index contributed by atoms with van der Waals surface area (Å²) in [5.41, 5.74) is 0. The summed E-state index contributed by atoms with van der Waals surface area (Å²) in [6.45, 7) is 1.50. The molecule has 0 N–H and O–H groups in total. The van der Waals surface area contributed by atoms with Gasteiger partial charge in [0.05, 0.1) is 0 Å². The van der Waals surface area contributed by atoms with E-state index in [1.165, 1.54) is 0 Å². The van der Waals surface area contributed by atoms with Crippen molar-refractivity contribution in [3.05, 3.63) is 0 Å². The van der Waals surface area contributed by atoms with Crippen LogP contribution in [0.3, 0.4) is 0 Å². The van der Waals surface area contributed by atoms with E-state index in [4.69, 9.17) is 31.7 Å². The van der Waals surface area contributed by atoms with Crippen molar-refractivity contribution in [2.45, 2.75) is 0 Å². The van der Waals surface area contributed by atoms with Crippen molar-refractivity contribution in [1.29, 1.82) is 0 Å². The molecule has 0 aromatic rings. The van der Waals surface area contributed by atoms with E-state index in [1.807, 2.05) is 0 Å². The van der Waals surface area contributed by atoms with Crippen LogP contribution in [0, 0.1) is 0 Å². The molecular formula is C2H2Cl2O2Rh2-2. The minimum Gasteiger partial charge on any atom is 0 e. The number of hydrogen-bond acceptors (Lipinski definition) is 2. The molecular weight excluding hydrogens is 333 g/mol. The van der Waals surface area contributed by atoms with Gasteiger partial charge in [-0.2, -0.15) is 2.74 Å². The Hall–Kier alpha value is 1.17. The van der Waals surface area contributed by atoms with E-state index >= 15 is 0 Å². The molecule has 0 aromatic carbocycles. The Morgan fingerprint density at radius 3 is 1.38 bits per heavy atom. The van der Waals surface area contributed by atoms with Crippen LogP contribution in [0.2, 0.25) is 0 Å². The molecule has 56 valence electrons. The molecule has 6 heteroatoms.